The molecule has 2 amide bonds. The first-order valence-electron chi connectivity index (χ1n) is 10.3. The Morgan fingerprint density at radius 2 is 1.67 bits per heavy atom. The minimum atomic E-state index is -0.103. The number of hydrogen-bond donors (Lipinski definition) is 1. The molecule has 7 heteroatoms. The Morgan fingerprint density at radius 1 is 1.00 bits per heavy atom. The van der Waals surface area contributed by atoms with Gasteiger partial charge >= 0.3 is 0 Å². The van der Waals surface area contributed by atoms with Gasteiger partial charge in [-0.1, -0.05) is 12.1 Å². The Bertz CT molecular complexity index is 1030. The van der Waals surface area contributed by atoms with Crippen molar-refractivity contribution >= 4 is 28.8 Å². The van der Waals surface area contributed by atoms with Crippen LogP contribution in [0.15, 0.2) is 41.8 Å². The van der Waals surface area contributed by atoms with Gasteiger partial charge in [0.2, 0.25) is 11.8 Å². The summed E-state index contributed by atoms with van der Waals surface area (Å²) in [6.45, 7) is 5.83. The van der Waals surface area contributed by atoms with E-state index < -0.39 is 0 Å². The molecule has 3 heterocycles. The number of carbonyl (C=O) groups is 2. The number of nitrogens with one attached hydrogen (secondary N) is 1. The number of aryl methyl sites for hydroxylation is 2. The molecule has 0 saturated carbocycles. The van der Waals surface area contributed by atoms with Crippen molar-refractivity contribution < 1.29 is 9.59 Å². The second kappa shape index (κ2) is 8.83. The molecule has 1 N–H and O–H groups in total. The van der Waals surface area contributed by atoms with E-state index in [9.17, 15) is 9.59 Å². The summed E-state index contributed by atoms with van der Waals surface area (Å²) in [6.07, 6.45) is 2.84. The highest BCUT2D eigenvalue weighted by molar-refractivity contribution is 7.12. The summed E-state index contributed by atoms with van der Waals surface area (Å²) in [7, 11) is 0. The van der Waals surface area contributed by atoms with E-state index in [0.717, 1.165) is 59.4 Å². The van der Waals surface area contributed by atoms with Crippen molar-refractivity contribution in [2.24, 2.45) is 0 Å². The topological polar surface area (TPSA) is 67.2 Å². The van der Waals surface area contributed by atoms with Crippen LogP contribution in [0.3, 0.4) is 0 Å². The van der Waals surface area contributed by atoms with Crippen LogP contribution in [0.25, 0.3) is 5.13 Å². The normalized spacial score (nSPS) is 13.6. The predicted octanol–water partition coefficient (Wildman–Crippen LogP) is 3.90. The monoisotopic (exact) mass is 422 g/mol. The fourth-order valence-corrected chi connectivity index (χ4v) is 4.72. The van der Waals surface area contributed by atoms with Crippen molar-refractivity contribution in [3.8, 4) is 5.13 Å². The lowest BCUT2D eigenvalue weighted by Gasteiger charge is -2.15. The molecule has 156 valence electrons. The summed E-state index contributed by atoms with van der Waals surface area (Å²) >= 11 is 1.54. The van der Waals surface area contributed by atoms with E-state index >= 15 is 0 Å². The Morgan fingerprint density at radius 3 is 2.33 bits per heavy atom. The quantitative estimate of drug-likeness (QED) is 0.655. The lowest BCUT2D eigenvalue weighted by atomic mass is 10.1. The molecule has 1 aromatic carbocycles. The molecule has 4 rings (SSSR count). The maximum atomic E-state index is 12.4. The van der Waals surface area contributed by atoms with Crippen molar-refractivity contribution in [2.45, 2.75) is 39.5 Å². The van der Waals surface area contributed by atoms with Crippen molar-refractivity contribution in [3.05, 3.63) is 64.4 Å². The Labute approximate surface area is 180 Å². The predicted molar refractivity (Wildman–Crippen MR) is 119 cm³/mol. The Hall–Kier alpha value is -2.93. The van der Waals surface area contributed by atoms with Gasteiger partial charge in [0.15, 0.2) is 5.13 Å². The lowest BCUT2D eigenvalue weighted by molar-refractivity contribution is -0.129. The van der Waals surface area contributed by atoms with Crippen LogP contribution < -0.4 is 5.32 Å². The Kier molecular flexibility index (Phi) is 5.99. The number of thiazole rings is 1. The highest BCUT2D eigenvalue weighted by Crippen LogP contribution is 2.21. The summed E-state index contributed by atoms with van der Waals surface area (Å²) < 4.78 is 2.09. The molecule has 6 nitrogen and oxygen atoms in total. The van der Waals surface area contributed by atoms with Gasteiger partial charge < -0.3 is 10.2 Å². The molecular formula is C23H26N4O2S. The smallest absolute Gasteiger partial charge is 0.230 e. The molecule has 1 aliphatic heterocycles. The fourth-order valence-electron chi connectivity index (χ4n) is 3.78. The van der Waals surface area contributed by atoms with Crippen LogP contribution in [-0.4, -0.2) is 39.4 Å². The van der Waals surface area contributed by atoms with E-state index in [1.165, 1.54) is 11.3 Å². The van der Waals surface area contributed by atoms with Crippen LogP contribution in [0.2, 0.25) is 0 Å². The van der Waals surface area contributed by atoms with E-state index in [4.69, 9.17) is 0 Å². The van der Waals surface area contributed by atoms with Gasteiger partial charge in [0.1, 0.15) is 0 Å². The summed E-state index contributed by atoms with van der Waals surface area (Å²) in [5, 5.41) is 5.73. The first-order chi connectivity index (χ1) is 14.5. The van der Waals surface area contributed by atoms with Crippen molar-refractivity contribution in [1.29, 1.82) is 0 Å². The first kappa shape index (κ1) is 20.3. The highest BCUT2D eigenvalue weighted by atomic mass is 32.1. The molecule has 3 aromatic rings. The molecule has 30 heavy (non-hydrogen) atoms. The summed E-state index contributed by atoms with van der Waals surface area (Å²) in [5.41, 5.74) is 4.70. The van der Waals surface area contributed by atoms with Gasteiger partial charge in [-0.2, -0.15) is 0 Å². The average Bonchev–Trinajstić information content (AvgIpc) is 3.46. The van der Waals surface area contributed by atoms with Gasteiger partial charge in [0, 0.05) is 35.5 Å². The van der Waals surface area contributed by atoms with E-state index in [1.54, 1.807) is 0 Å². The van der Waals surface area contributed by atoms with Crippen LogP contribution in [-0.2, 0) is 22.4 Å². The number of benzene rings is 1. The molecule has 0 spiro atoms. The number of nitrogens with zero attached hydrogens (tertiary/aromatic N) is 3. The third-order valence-corrected chi connectivity index (χ3v) is 6.27. The maximum Gasteiger partial charge on any atom is 0.230 e. The zero-order valence-corrected chi connectivity index (χ0v) is 18.2. The zero-order valence-electron chi connectivity index (χ0n) is 17.4. The standard InChI is InChI=1S/C23H26N4O2S/c1-16-5-6-17(2)27(16)23-25-20(15-30-23)14-21(28)24-19-9-7-18(8-10-19)13-22(29)26-11-3-4-12-26/h5-10,15H,3-4,11-14H2,1-2H3,(H,24,28). The zero-order chi connectivity index (χ0) is 21.1. The minimum Gasteiger partial charge on any atom is -0.342 e. The molecule has 1 fully saturated rings. The van der Waals surface area contributed by atoms with E-state index in [-0.39, 0.29) is 18.2 Å². The van der Waals surface area contributed by atoms with Crippen molar-refractivity contribution in [2.75, 3.05) is 18.4 Å². The third kappa shape index (κ3) is 4.62. The Balaban J connectivity index is 1.32. The molecule has 1 aliphatic rings. The summed E-state index contributed by atoms with van der Waals surface area (Å²) in [6, 6.07) is 11.6. The molecule has 0 bridgehead atoms. The largest absolute Gasteiger partial charge is 0.342 e. The van der Waals surface area contributed by atoms with Gasteiger partial charge in [-0.15, -0.1) is 11.3 Å². The first-order valence-corrected chi connectivity index (χ1v) is 11.1. The van der Waals surface area contributed by atoms with Crippen molar-refractivity contribution in [3.63, 3.8) is 0 Å². The second-order valence-electron chi connectivity index (χ2n) is 7.76. The van der Waals surface area contributed by atoms with Crippen LogP contribution in [0.4, 0.5) is 5.69 Å². The number of amides is 2. The van der Waals surface area contributed by atoms with Gasteiger partial charge in [0.05, 0.1) is 18.5 Å². The van der Waals surface area contributed by atoms with Crippen LogP contribution >= 0.6 is 11.3 Å². The molecule has 0 atom stereocenters. The number of rotatable bonds is 6. The lowest BCUT2D eigenvalue weighted by Crippen LogP contribution is -2.29. The number of hydrogen-bond acceptors (Lipinski definition) is 4. The second-order valence-corrected chi connectivity index (χ2v) is 8.60. The van der Waals surface area contributed by atoms with Gasteiger partial charge in [-0.25, -0.2) is 4.98 Å². The van der Waals surface area contributed by atoms with Gasteiger partial charge in [-0.3, -0.25) is 14.2 Å². The molecule has 2 aromatic heterocycles. The molecule has 1 saturated heterocycles. The van der Waals surface area contributed by atoms with Crippen LogP contribution in [0, 0.1) is 13.8 Å². The fraction of sp³-hybridized carbons (Fsp3) is 0.348. The van der Waals surface area contributed by atoms with Crippen LogP contribution in [0.1, 0.15) is 35.5 Å². The SMILES string of the molecule is Cc1ccc(C)n1-c1nc(CC(=O)Nc2ccc(CC(=O)N3CCCC3)cc2)cs1. The molecular weight excluding hydrogens is 396 g/mol. The van der Waals surface area contributed by atoms with Crippen molar-refractivity contribution in [1.82, 2.24) is 14.5 Å². The van der Waals surface area contributed by atoms with E-state index in [0.29, 0.717) is 6.42 Å². The minimum absolute atomic E-state index is 0.103. The number of likely N-dealkylation sites (tertiary alicyclic amines) is 1. The highest BCUT2D eigenvalue weighted by Gasteiger charge is 2.18. The summed E-state index contributed by atoms with van der Waals surface area (Å²) in [5.74, 6) is 0.0745. The van der Waals surface area contributed by atoms with Gasteiger partial charge in [-0.05, 0) is 56.5 Å². The van der Waals surface area contributed by atoms with Gasteiger partial charge in [0.25, 0.3) is 0 Å². The van der Waals surface area contributed by atoms with Crippen LogP contribution in [0.5, 0.6) is 0 Å². The summed E-state index contributed by atoms with van der Waals surface area (Å²) in [4.78, 5) is 31.2. The number of carbonyl (C=O) groups excluding carboxylic acids is 2. The number of anilines is 1. The third-order valence-electron chi connectivity index (χ3n) is 5.40. The van der Waals surface area contributed by atoms with E-state index in [2.05, 4.69) is 27.0 Å². The van der Waals surface area contributed by atoms with E-state index in [1.807, 2.05) is 48.4 Å². The molecule has 0 aliphatic carbocycles. The molecule has 0 radical (unpaired) electrons. The number of aromatic nitrogens is 2. The average molecular weight is 423 g/mol. The molecule has 0 unspecified atom stereocenters. The maximum absolute atomic E-state index is 12.4.